The molecule has 2 rings (SSSR count). The van der Waals surface area contributed by atoms with E-state index in [0.717, 1.165) is 6.07 Å². The highest BCUT2D eigenvalue weighted by Gasteiger charge is 2.28. The van der Waals surface area contributed by atoms with Crippen molar-refractivity contribution in [1.29, 1.82) is 5.26 Å². The molecule has 1 aromatic rings. The van der Waals surface area contributed by atoms with Crippen molar-refractivity contribution in [2.24, 2.45) is 0 Å². The normalized spacial score (nSPS) is 19.0. The number of halogens is 2. The molecule has 0 aliphatic carbocycles. The molecule has 15 heavy (non-hydrogen) atoms. The summed E-state index contributed by atoms with van der Waals surface area (Å²) in [4.78, 5) is 11.4. The number of nitrogens with zero attached hydrogens (tertiary/aromatic N) is 1. The summed E-state index contributed by atoms with van der Waals surface area (Å²) in [6.07, 6.45) is -0.495. The Morgan fingerprint density at radius 2 is 2.33 bits per heavy atom. The number of cyclic esters (lactones) is 1. The number of esters is 1. The van der Waals surface area contributed by atoms with Crippen LogP contribution in [0.1, 0.15) is 15.9 Å². The van der Waals surface area contributed by atoms with E-state index in [9.17, 15) is 9.18 Å². The van der Waals surface area contributed by atoms with Gasteiger partial charge in [-0.15, -0.1) is 0 Å². The summed E-state index contributed by atoms with van der Waals surface area (Å²) in [5.74, 6) is -1.16. The maximum atomic E-state index is 13.0. The SMILES string of the molecule is N#CC1Cc2c(Br)cc(F)cc2C(=O)O1. The van der Waals surface area contributed by atoms with Crippen LogP contribution in [0.3, 0.4) is 0 Å². The highest BCUT2D eigenvalue weighted by atomic mass is 79.9. The Morgan fingerprint density at radius 1 is 1.60 bits per heavy atom. The van der Waals surface area contributed by atoms with Gasteiger partial charge in [-0.2, -0.15) is 5.26 Å². The monoisotopic (exact) mass is 269 g/mol. The number of hydrogen-bond acceptors (Lipinski definition) is 3. The van der Waals surface area contributed by atoms with Gasteiger partial charge in [0.1, 0.15) is 11.9 Å². The molecule has 0 saturated heterocycles. The van der Waals surface area contributed by atoms with Gasteiger partial charge in [0.05, 0.1) is 5.56 Å². The zero-order valence-corrected chi connectivity index (χ0v) is 9.04. The Hall–Kier alpha value is -1.41. The predicted molar refractivity (Wildman–Crippen MR) is 52.6 cm³/mol. The summed E-state index contributed by atoms with van der Waals surface area (Å²) in [6, 6.07) is 4.25. The quantitative estimate of drug-likeness (QED) is 0.679. The van der Waals surface area contributed by atoms with Crippen LogP contribution in [-0.4, -0.2) is 12.1 Å². The molecule has 0 fully saturated rings. The Morgan fingerprint density at radius 3 is 3.00 bits per heavy atom. The molecule has 3 nitrogen and oxygen atoms in total. The van der Waals surface area contributed by atoms with Gasteiger partial charge in [-0.05, 0) is 17.7 Å². The molecule has 76 valence electrons. The molecule has 0 radical (unpaired) electrons. The number of nitriles is 1. The van der Waals surface area contributed by atoms with Crippen molar-refractivity contribution in [3.8, 4) is 6.07 Å². The Kier molecular flexibility index (Phi) is 2.45. The zero-order valence-electron chi connectivity index (χ0n) is 7.46. The molecule has 0 bridgehead atoms. The van der Waals surface area contributed by atoms with Crippen LogP contribution in [0.25, 0.3) is 0 Å². The highest BCUT2D eigenvalue weighted by molar-refractivity contribution is 9.10. The largest absolute Gasteiger partial charge is 0.443 e. The third kappa shape index (κ3) is 1.73. The van der Waals surface area contributed by atoms with Crippen molar-refractivity contribution in [3.05, 3.63) is 33.5 Å². The van der Waals surface area contributed by atoms with Crippen LogP contribution in [0.2, 0.25) is 0 Å². The first-order valence-corrected chi connectivity index (χ1v) is 4.99. The van der Waals surface area contributed by atoms with E-state index in [2.05, 4.69) is 15.9 Å². The van der Waals surface area contributed by atoms with Crippen LogP contribution in [0, 0.1) is 17.1 Å². The van der Waals surface area contributed by atoms with Gasteiger partial charge < -0.3 is 4.74 Å². The number of hydrogen-bond donors (Lipinski definition) is 0. The number of fused-ring (bicyclic) bond motifs is 1. The topological polar surface area (TPSA) is 50.1 Å². The molecule has 0 saturated carbocycles. The molecule has 0 amide bonds. The zero-order chi connectivity index (χ0) is 11.0. The third-order valence-corrected chi connectivity index (χ3v) is 2.87. The Labute approximate surface area is 93.6 Å². The van der Waals surface area contributed by atoms with Crippen LogP contribution in [-0.2, 0) is 11.2 Å². The van der Waals surface area contributed by atoms with Gasteiger partial charge >= 0.3 is 5.97 Å². The minimum Gasteiger partial charge on any atom is -0.443 e. The van der Waals surface area contributed by atoms with Gasteiger partial charge in [0.25, 0.3) is 0 Å². The molecular weight excluding hydrogens is 265 g/mol. The lowest BCUT2D eigenvalue weighted by atomic mass is 9.99. The van der Waals surface area contributed by atoms with Crippen molar-refractivity contribution in [3.63, 3.8) is 0 Å². The van der Waals surface area contributed by atoms with Crippen LogP contribution < -0.4 is 0 Å². The predicted octanol–water partition coefficient (Wildman–Crippen LogP) is 2.19. The molecule has 5 heteroatoms. The number of carbonyl (C=O) groups excluding carboxylic acids is 1. The van der Waals surface area contributed by atoms with Gasteiger partial charge in [-0.1, -0.05) is 15.9 Å². The smallest absolute Gasteiger partial charge is 0.339 e. The molecule has 0 N–H and O–H groups in total. The van der Waals surface area contributed by atoms with E-state index < -0.39 is 17.9 Å². The van der Waals surface area contributed by atoms with E-state index >= 15 is 0 Å². The number of carbonyl (C=O) groups is 1. The fourth-order valence-electron chi connectivity index (χ4n) is 1.48. The lowest BCUT2D eigenvalue weighted by Crippen LogP contribution is -2.26. The average Bonchev–Trinajstić information content (AvgIpc) is 2.19. The van der Waals surface area contributed by atoms with Gasteiger partial charge in [0, 0.05) is 10.9 Å². The van der Waals surface area contributed by atoms with Crippen LogP contribution in [0.5, 0.6) is 0 Å². The van der Waals surface area contributed by atoms with E-state index in [1.165, 1.54) is 6.07 Å². The molecule has 1 atom stereocenters. The second kappa shape index (κ2) is 3.63. The van der Waals surface area contributed by atoms with E-state index in [4.69, 9.17) is 10.00 Å². The Bertz CT molecular complexity index is 481. The molecule has 1 aliphatic rings. The van der Waals surface area contributed by atoms with Crippen LogP contribution in [0.4, 0.5) is 4.39 Å². The number of ether oxygens (including phenoxy) is 1. The van der Waals surface area contributed by atoms with E-state index in [0.29, 0.717) is 16.5 Å². The molecular formula is C10H5BrFNO2. The van der Waals surface area contributed by atoms with Crippen molar-refractivity contribution < 1.29 is 13.9 Å². The first-order valence-electron chi connectivity index (χ1n) is 4.20. The van der Waals surface area contributed by atoms with Crippen molar-refractivity contribution in [1.82, 2.24) is 0 Å². The van der Waals surface area contributed by atoms with E-state index in [1.807, 2.05) is 6.07 Å². The first-order chi connectivity index (χ1) is 7.11. The second-order valence-corrected chi connectivity index (χ2v) is 4.00. The average molecular weight is 270 g/mol. The second-order valence-electron chi connectivity index (χ2n) is 3.14. The lowest BCUT2D eigenvalue weighted by molar-refractivity contribution is 0.0369. The summed E-state index contributed by atoms with van der Waals surface area (Å²) < 4.78 is 18.3. The molecule has 1 unspecified atom stereocenters. The summed E-state index contributed by atoms with van der Waals surface area (Å²) in [5.41, 5.74) is 0.813. The fourth-order valence-corrected chi connectivity index (χ4v) is 2.08. The minimum absolute atomic E-state index is 0.188. The molecule has 1 heterocycles. The third-order valence-electron chi connectivity index (χ3n) is 2.16. The molecule has 0 aromatic heterocycles. The number of benzene rings is 1. The molecule has 0 spiro atoms. The van der Waals surface area contributed by atoms with E-state index in [-0.39, 0.29) is 5.56 Å². The fraction of sp³-hybridized carbons (Fsp3) is 0.200. The number of rotatable bonds is 0. The van der Waals surface area contributed by atoms with Gasteiger partial charge in [-0.25, -0.2) is 9.18 Å². The summed E-state index contributed by atoms with van der Waals surface area (Å²) in [6.45, 7) is 0. The Balaban J connectivity index is 2.56. The van der Waals surface area contributed by atoms with Crippen molar-refractivity contribution in [2.45, 2.75) is 12.5 Å². The first kappa shape index (κ1) is 10.1. The van der Waals surface area contributed by atoms with E-state index in [1.54, 1.807) is 0 Å². The van der Waals surface area contributed by atoms with Gasteiger partial charge in [0.2, 0.25) is 0 Å². The standard InChI is InChI=1S/C10H5BrFNO2/c11-9-2-5(12)1-8-7(9)3-6(4-13)15-10(8)14/h1-2,6H,3H2. The maximum absolute atomic E-state index is 13.0. The maximum Gasteiger partial charge on any atom is 0.339 e. The summed E-state index contributed by atoms with van der Waals surface area (Å²) >= 11 is 3.16. The van der Waals surface area contributed by atoms with Crippen molar-refractivity contribution >= 4 is 21.9 Å². The van der Waals surface area contributed by atoms with Crippen molar-refractivity contribution in [2.75, 3.05) is 0 Å². The molecule has 1 aromatic carbocycles. The van der Waals surface area contributed by atoms with Gasteiger partial charge in [-0.3, -0.25) is 0 Å². The van der Waals surface area contributed by atoms with Crippen LogP contribution >= 0.6 is 15.9 Å². The highest BCUT2D eigenvalue weighted by Crippen LogP contribution is 2.28. The van der Waals surface area contributed by atoms with Crippen LogP contribution in [0.15, 0.2) is 16.6 Å². The lowest BCUT2D eigenvalue weighted by Gasteiger charge is -2.20. The summed E-state index contributed by atoms with van der Waals surface area (Å²) in [7, 11) is 0. The van der Waals surface area contributed by atoms with Gasteiger partial charge in [0.15, 0.2) is 6.10 Å². The summed E-state index contributed by atoms with van der Waals surface area (Å²) in [5, 5.41) is 8.66. The minimum atomic E-state index is -0.785. The molecule has 1 aliphatic heterocycles.